The number of benzene rings is 1. The number of fused-ring (bicyclic) bond motifs is 1. The Balaban J connectivity index is 1.41. The second-order valence-corrected chi connectivity index (χ2v) is 8.65. The Morgan fingerprint density at radius 1 is 1.08 bits per heavy atom. The molecule has 1 saturated heterocycles. The molecule has 0 unspecified atom stereocenters. The van der Waals surface area contributed by atoms with E-state index in [0.29, 0.717) is 5.78 Å². The van der Waals surface area contributed by atoms with E-state index in [-0.39, 0.29) is 5.41 Å². The first-order valence-electron chi connectivity index (χ1n) is 9.72. The monoisotopic (exact) mass is 345 g/mol. The zero-order chi connectivity index (χ0) is 16.6. The number of Topliss-reactive ketones (excluding diaryl/α,β-unsaturated/α-hetero) is 1. The smallest absolute Gasteiger partial charge is 0.169 e. The molecule has 0 atom stereocenters. The molecule has 130 valence electrons. The van der Waals surface area contributed by atoms with Gasteiger partial charge in [-0.1, -0.05) is 30.9 Å². The molecule has 3 aliphatic rings. The van der Waals surface area contributed by atoms with E-state index >= 15 is 0 Å². The van der Waals surface area contributed by atoms with Crippen molar-refractivity contribution in [2.45, 2.75) is 57.8 Å². The van der Waals surface area contributed by atoms with E-state index in [1.807, 2.05) is 18.2 Å². The molecular weight excluding hydrogens is 318 g/mol. The third-order valence-corrected chi connectivity index (χ3v) is 6.96. The quantitative estimate of drug-likeness (QED) is 0.740. The van der Waals surface area contributed by atoms with Crippen molar-refractivity contribution in [3.63, 3.8) is 0 Å². The summed E-state index contributed by atoms with van der Waals surface area (Å²) < 4.78 is 0. The van der Waals surface area contributed by atoms with Crippen LogP contribution in [0, 0.1) is 11.3 Å². The molecule has 3 heteroatoms. The normalized spacial score (nSPS) is 25.0. The maximum Gasteiger partial charge on any atom is 0.169 e. The molecule has 2 nitrogen and oxygen atoms in total. The van der Waals surface area contributed by atoms with E-state index in [4.69, 9.17) is 11.6 Å². The first-order chi connectivity index (χ1) is 11.7. The fourth-order valence-corrected chi connectivity index (χ4v) is 5.33. The summed E-state index contributed by atoms with van der Waals surface area (Å²) in [5.74, 6) is 1.29. The summed E-state index contributed by atoms with van der Waals surface area (Å²) in [6, 6.07) is 5.81. The van der Waals surface area contributed by atoms with Crippen molar-refractivity contribution in [3.05, 3.63) is 34.3 Å². The standard InChI is InChI=1S/C21H28ClNO/c22-18-6-7-19-17(14-18)8-9-21(20(19)24)10-12-23(13-11-21)15-16-4-2-1-3-5-16/h6-7,14,16H,1-5,8-13,15H2. The van der Waals surface area contributed by atoms with Crippen molar-refractivity contribution >= 4 is 17.4 Å². The molecule has 0 N–H and O–H groups in total. The van der Waals surface area contributed by atoms with Crippen LogP contribution in [-0.2, 0) is 6.42 Å². The fourth-order valence-electron chi connectivity index (χ4n) is 5.14. The van der Waals surface area contributed by atoms with Gasteiger partial charge in [0, 0.05) is 22.5 Å². The zero-order valence-corrected chi connectivity index (χ0v) is 15.3. The van der Waals surface area contributed by atoms with Crippen molar-refractivity contribution in [3.8, 4) is 0 Å². The van der Waals surface area contributed by atoms with Crippen LogP contribution >= 0.6 is 11.6 Å². The van der Waals surface area contributed by atoms with Gasteiger partial charge in [0.25, 0.3) is 0 Å². The largest absolute Gasteiger partial charge is 0.303 e. The average Bonchev–Trinajstić information content (AvgIpc) is 2.61. The molecule has 1 heterocycles. The van der Waals surface area contributed by atoms with E-state index in [1.54, 1.807) is 0 Å². The van der Waals surface area contributed by atoms with Gasteiger partial charge in [-0.3, -0.25) is 4.79 Å². The minimum absolute atomic E-state index is 0.0934. The molecule has 1 aromatic rings. The number of hydrogen-bond donors (Lipinski definition) is 0. The van der Waals surface area contributed by atoms with Crippen molar-refractivity contribution in [1.82, 2.24) is 4.90 Å². The molecule has 0 aromatic heterocycles. The van der Waals surface area contributed by atoms with Crippen molar-refractivity contribution < 1.29 is 4.79 Å². The molecule has 24 heavy (non-hydrogen) atoms. The summed E-state index contributed by atoms with van der Waals surface area (Å²) in [4.78, 5) is 15.8. The van der Waals surface area contributed by atoms with Crippen LogP contribution < -0.4 is 0 Å². The second-order valence-electron chi connectivity index (χ2n) is 8.22. The fraction of sp³-hybridized carbons (Fsp3) is 0.667. The highest BCUT2D eigenvalue weighted by molar-refractivity contribution is 6.30. The summed E-state index contributed by atoms with van der Waals surface area (Å²) in [6.45, 7) is 3.47. The highest BCUT2D eigenvalue weighted by Crippen LogP contribution is 2.44. The van der Waals surface area contributed by atoms with Crippen LogP contribution in [0.1, 0.15) is 67.3 Å². The highest BCUT2D eigenvalue weighted by Gasteiger charge is 2.44. The predicted molar refractivity (Wildman–Crippen MR) is 98.8 cm³/mol. The van der Waals surface area contributed by atoms with Crippen LogP contribution in [0.15, 0.2) is 18.2 Å². The zero-order valence-electron chi connectivity index (χ0n) is 14.5. The molecular formula is C21H28ClNO. The first kappa shape index (κ1) is 16.6. The lowest BCUT2D eigenvalue weighted by Crippen LogP contribution is -2.47. The Morgan fingerprint density at radius 3 is 2.58 bits per heavy atom. The highest BCUT2D eigenvalue weighted by atomic mass is 35.5. The number of hydrogen-bond acceptors (Lipinski definition) is 2. The Kier molecular flexibility index (Phi) is 4.70. The van der Waals surface area contributed by atoms with Crippen LogP contribution in [0.5, 0.6) is 0 Å². The van der Waals surface area contributed by atoms with Crippen LogP contribution in [0.4, 0.5) is 0 Å². The van der Waals surface area contributed by atoms with E-state index in [0.717, 1.165) is 60.8 Å². The van der Waals surface area contributed by atoms with Crippen LogP contribution in [0.2, 0.25) is 5.02 Å². The number of piperidine rings is 1. The average molecular weight is 346 g/mol. The Bertz CT molecular complexity index is 612. The van der Waals surface area contributed by atoms with Crippen molar-refractivity contribution in [2.24, 2.45) is 11.3 Å². The SMILES string of the molecule is O=C1c2ccc(Cl)cc2CCC12CCN(CC1CCCCC1)CC2. The number of carbonyl (C=O) groups is 1. The maximum atomic E-state index is 13.1. The van der Waals surface area contributed by atoms with Gasteiger partial charge in [-0.25, -0.2) is 0 Å². The molecule has 0 bridgehead atoms. The number of halogens is 1. The number of ketones is 1. The van der Waals surface area contributed by atoms with Crippen LogP contribution in [0.3, 0.4) is 0 Å². The Morgan fingerprint density at radius 2 is 1.83 bits per heavy atom. The Hall–Kier alpha value is -0.860. The number of likely N-dealkylation sites (tertiary alicyclic amines) is 1. The molecule has 1 spiro atoms. The third kappa shape index (κ3) is 3.15. The van der Waals surface area contributed by atoms with E-state index in [1.165, 1.54) is 38.6 Å². The van der Waals surface area contributed by atoms with Crippen molar-refractivity contribution in [2.75, 3.05) is 19.6 Å². The van der Waals surface area contributed by atoms with Gasteiger partial charge in [0.1, 0.15) is 0 Å². The van der Waals surface area contributed by atoms with Gasteiger partial charge in [0.15, 0.2) is 5.78 Å². The molecule has 0 radical (unpaired) electrons. The first-order valence-corrected chi connectivity index (χ1v) is 10.1. The molecule has 1 saturated carbocycles. The lowest BCUT2D eigenvalue weighted by Gasteiger charge is -2.44. The second kappa shape index (κ2) is 6.80. The summed E-state index contributed by atoms with van der Waals surface area (Å²) >= 11 is 6.10. The molecule has 2 fully saturated rings. The minimum Gasteiger partial charge on any atom is -0.303 e. The van der Waals surface area contributed by atoms with E-state index in [2.05, 4.69) is 4.90 Å². The lowest BCUT2D eigenvalue weighted by atomic mass is 9.65. The van der Waals surface area contributed by atoms with Gasteiger partial charge in [0.05, 0.1) is 0 Å². The molecule has 0 amide bonds. The lowest BCUT2D eigenvalue weighted by molar-refractivity contribution is 0.0500. The van der Waals surface area contributed by atoms with Gasteiger partial charge in [0.2, 0.25) is 0 Å². The molecule has 1 aromatic carbocycles. The van der Waals surface area contributed by atoms with Gasteiger partial charge in [-0.2, -0.15) is 0 Å². The number of rotatable bonds is 2. The van der Waals surface area contributed by atoms with Gasteiger partial charge in [-0.15, -0.1) is 0 Å². The molecule has 1 aliphatic heterocycles. The topological polar surface area (TPSA) is 20.3 Å². The Labute approximate surface area is 150 Å². The van der Waals surface area contributed by atoms with E-state index in [9.17, 15) is 4.79 Å². The minimum atomic E-state index is -0.0934. The third-order valence-electron chi connectivity index (χ3n) is 6.72. The van der Waals surface area contributed by atoms with Crippen LogP contribution in [-0.4, -0.2) is 30.3 Å². The summed E-state index contributed by atoms with van der Waals surface area (Å²) in [7, 11) is 0. The predicted octanol–water partition coefficient (Wildman–Crippen LogP) is 5.13. The summed E-state index contributed by atoms with van der Waals surface area (Å²) in [5.41, 5.74) is 2.00. The maximum absolute atomic E-state index is 13.1. The summed E-state index contributed by atoms with van der Waals surface area (Å²) in [5, 5.41) is 0.750. The van der Waals surface area contributed by atoms with Gasteiger partial charge >= 0.3 is 0 Å². The van der Waals surface area contributed by atoms with E-state index < -0.39 is 0 Å². The molecule has 4 rings (SSSR count). The molecule has 2 aliphatic carbocycles. The van der Waals surface area contributed by atoms with Gasteiger partial charge in [-0.05, 0) is 81.3 Å². The number of carbonyl (C=O) groups excluding carboxylic acids is 1. The summed E-state index contributed by atoms with van der Waals surface area (Å²) in [6.07, 6.45) is 11.2. The number of aryl methyl sites for hydroxylation is 1. The van der Waals surface area contributed by atoms with Gasteiger partial charge < -0.3 is 4.90 Å². The number of nitrogens with zero attached hydrogens (tertiary/aromatic N) is 1. The van der Waals surface area contributed by atoms with Crippen LogP contribution in [0.25, 0.3) is 0 Å². The van der Waals surface area contributed by atoms with Crippen molar-refractivity contribution in [1.29, 1.82) is 0 Å².